The normalized spacial score (nSPS) is 17.0. The summed E-state index contributed by atoms with van der Waals surface area (Å²) in [5, 5.41) is 0. The van der Waals surface area contributed by atoms with Crippen LogP contribution in [0.2, 0.25) is 0 Å². The molecular formula is C16H23BrN2O3S. The van der Waals surface area contributed by atoms with Crippen LogP contribution >= 0.6 is 15.9 Å². The molecule has 0 saturated carbocycles. The second-order valence-corrected chi connectivity index (χ2v) is 8.97. The Labute approximate surface area is 146 Å². The maximum atomic E-state index is 12.7. The number of halogens is 1. The van der Waals surface area contributed by atoms with E-state index in [0.717, 1.165) is 43.1 Å². The lowest BCUT2D eigenvalue weighted by Gasteiger charge is -2.25. The molecule has 0 aromatic heterocycles. The predicted octanol–water partition coefficient (Wildman–Crippen LogP) is 3.11. The molecule has 7 heteroatoms. The summed E-state index contributed by atoms with van der Waals surface area (Å²) in [5.41, 5.74) is 0.425. The fraction of sp³-hybridized carbons (Fsp3) is 0.562. The van der Waals surface area contributed by atoms with E-state index in [1.54, 1.807) is 12.1 Å². The Bertz CT molecular complexity index is 666. The van der Waals surface area contributed by atoms with Gasteiger partial charge in [0, 0.05) is 37.2 Å². The molecule has 0 aliphatic carbocycles. The Morgan fingerprint density at radius 3 is 2.22 bits per heavy atom. The van der Waals surface area contributed by atoms with Gasteiger partial charge in [-0.05, 0) is 47.0 Å². The highest BCUT2D eigenvalue weighted by molar-refractivity contribution is 9.10. The monoisotopic (exact) mass is 402 g/mol. The Kier molecular flexibility index (Phi) is 6.22. The van der Waals surface area contributed by atoms with Gasteiger partial charge in [-0.25, -0.2) is 12.7 Å². The summed E-state index contributed by atoms with van der Waals surface area (Å²) in [4.78, 5) is 14.7. The zero-order chi connectivity index (χ0) is 17.0. The van der Waals surface area contributed by atoms with E-state index in [1.807, 2.05) is 4.90 Å². The first-order valence-electron chi connectivity index (χ1n) is 7.85. The predicted molar refractivity (Wildman–Crippen MR) is 94.0 cm³/mol. The molecule has 0 spiro atoms. The van der Waals surface area contributed by atoms with E-state index in [9.17, 15) is 13.2 Å². The molecule has 23 heavy (non-hydrogen) atoms. The molecule has 0 unspecified atom stereocenters. The van der Waals surface area contributed by atoms with Gasteiger partial charge in [-0.1, -0.05) is 19.3 Å². The molecule has 1 aliphatic heterocycles. The van der Waals surface area contributed by atoms with E-state index < -0.39 is 10.0 Å². The maximum absolute atomic E-state index is 12.7. The molecule has 128 valence electrons. The number of hydrogen-bond acceptors (Lipinski definition) is 3. The molecule has 0 atom stereocenters. The molecule has 1 heterocycles. The second kappa shape index (κ2) is 7.77. The molecular weight excluding hydrogens is 380 g/mol. The Hall–Kier alpha value is -0.920. The zero-order valence-corrected chi connectivity index (χ0v) is 16.0. The summed E-state index contributed by atoms with van der Waals surface area (Å²) >= 11 is 3.27. The van der Waals surface area contributed by atoms with Gasteiger partial charge in [0.2, 0.25) is 10.0 Å². The minimum absolute atomic E-state index is 0.0883. The number of nitrogens with zero attached hydrogens (tertiary/aromatic N) is 2. The number of rotatable bonds is 3. The molecule has 1 saturated heterocycles. The molecule has 5 nitrogen and oxygen atoms in total. The first-order valence-corrected chi connectivity index (χ1v) is 10.1. The maximum Gasteiger partial charge on any atom is 0.253 e. The number of benzene rings is 1. The van der Waals surface area contributed by atoms with Crippen molar-refractivity contribution in [1.29, 1.82) is 0 Å². The highest BCUT2D eigenvalue weighted by atomic mass is 79.9. The summed E-state index contributed by atoms with van der Waals surface area (Å²) < 4.78 is 26.4. The summed E-state index contributed by atoms with van der Waals surface area (Å²) in [6, 6.07) is 4.79. The van der Waals surface area contributed by atoms with Crippen LogP contribution in [-0.4, -0.2) is 50.7 Å². The van der Waals surface area contributed by atoms with Gasteiger partial charge in [-0.15, -0.1) is 0 Å². The lowest BCUT2D eigenvalue weighted by atomic mass is 10.1. The Morgan fingerprint density at radius 1 is 1.09 bits per heavy atom. The van der Waals surface area contributed by atoms with Crippen LogP contribution in [-0.2, 0) is 10.0 Å². The third kappa shape index (κ3) is 4.33. The Balaban J connectivity index is 2.31. The van der Waals surface area contributed by atoms with E-state index >= 15 is 0 Å². The molecule has 1 aromatic rings. The van der Waals surface area contributed by atoms with Crippen molar-refractivity contribution in [2.45, 2.75) is 37.0 Å². The number of likely N-dealkylation sites (tertiary alicyclic amines) is 1. The van der Waals surface area contributed by atoms with Crippen molar-refractivity contribution >= 4 is 31.9 Å². The number of amides is 1. The molecule has 0 bridgehead atoms. The van der Waals surface area contributed by atoms with Gasteiger partial charge in [0.1, 0.15) is 0 Å². The molecule has 1 aliphatic rings. The van der Waals surface area contributed by atoms with Crippen LogP contribution in [0.4, 0.5) is 0 Å². The number of hydrogen-bond donors (Lipinski definition) is 0. The van der Waals surface area contributed by atoms with Gasteiger partial charge in [0.05, 0.1) is 4.90 Å². The molecule has 1 fully saturated rings. The van der Waals surface area contributed by atoms with Gasteiger partial charge >= 0.3 is 0 Å². The minimum Gasteiger partial charge on any atom is -0.339 e. The lowest BCUT2D eigenvalue weighted by Crippen LogP contribution is -2.34. The highest BCUT2D eigenvalue weighted by Gasteiger charge is 2.24. The van der Waals surface area contributed by atoms with Crippen molar-refractivity contribution in [3.63, 3.8) is 0 Å². The summed E-state index contributed by atoms with van der Waals surface area (Å²) in [6.45, 7) is 1.48. The van der Waals surface area contributed by atoms with Crippen LogP contribution in [0.25, 0.3) is 0 Å². The summed E-state index contributed by atoms with van der Waals surface area (Å²) in [5.74, 6) is -0.0883. The largest absolute Gasteiger partial charge is 0.339 e. The molecule has 2 rings (SSSR count). The third-order valence-electron chi connectivity index (χ3n) is 4.08. The third-order valence-corrected chi connectivity index (χ3v) is 6.89. The summed E-state index contributed by atoms with van der Waals surface area (Å²) in [6.07, 6.45) is 5.52. The van der Waals surface area contributed by atoms with E-state index in [1.165, 1.54) is 26.6 Å². The van der Waals surface area contributed by atoms with Crippen LogP contribution < -0.4 is 0 Å². The van der Waals surface area contributed by atoms with E-state index in [0.29, 0.717) is 10.0 Å². The van der Waals surface area contributed by atoms with Crippen molar-refractivity contribution in [3.8, 4) is 0 Å². The van der Waals surface area contributed by atoms with Gasteiger partial charge in [0.15, 0.2) is 0 Å². The van der Waals surface area contributed by atoms with Gasteiger partial charge in [-0.3, -0.25) is 4.79 Å². The SMILES string of the molecule is CN(C)S(=O)(=O)c1cc(C(=O)N2CCCCCCC2)ccc1Br. The summed E-state index contributed by atoms with van der Waals surface area (Å²) in [7, 11) is -0.630. The minimum atomic E-state index is -3.59. The first-order chi connectivity index (χ1) is 10.8. The van der Waals surface area contributed by atoms with Crippen molar-refractivity contribution in [2.75, 3.05) is 27.2 Å². The fourth-order valence-corrected chi connectivity index (χ4v) is 4.51. The lowest BCUT2D eigenvalue weighted by molar-refractivity contribution is 0.0742. The van der Waals surface area contributed by atoms with Crippen LogP contribution in [0.3, 0.4) is 0 Å². The second-order valence-electron chi connectivity index (χ2n) is 5.99. The van der Waals surface area contributed by atoms with Crippen LogP contribution in [0, 0.1) is 0 Å². The van der Waals surface area contributed by atoms with Crippen LogP contribution in [0.15, 0.2) is 27.6 Å². The van der Waals surface area contributed by atoms with Crippen LogP contribution in [0.5, 0.6) is 0 Å². The van der Waals surface area contributed by atoms with Gasteiger partial charge in [0.25, 0.3) is 5.91 Å². The van der Waals surface area contributed by atoms with Gasteiger partial charge in [-0.2, -0.15) is 0 Å². The zero-order valence-electron chi connectivity index (χ0n) is 13.6. The van der Waals surface area contributed by atoms with E-state index in [-0.39, 0.29) is 10.8 Å². The number of sulfonamides is 1. The molecule has 1 amide bonds. The quantitative estimate of drug-likeness (QED) is 0.780. The number of carbonyl (C=O) groups is 1. The van der Waals surface area contributed by atoms with E-state index in [2.05, 4.69) is 15.9 Å². The fourth-order valence-electron chi connectivity index (χ4n) is 2.66. The average Bonchev–Trinajstić information content (AvgIpc) is 2.46. The van der Waals surface area contributed by atoms with Crippen molar-refractivity contribution in [3.05, 3.63) is 28.2 Å². The van der Waals surface area contributed by atoms with Crippen molar-refractivity contribution in [2.24, 2.45) is 0 Å². The van der Waals surface area contributed by atoms with Crippen LogP contribution in [0.1, 0.15) is 42.5 Å². The smallest absolute Gasteiger partial charge is 0.253 e. The molecule has 1 aromatic carbocycles. The number of carbonyl (C=O) groups excluding carboxylic acids is 1. The average molecular weight is 403 g/mol. The first kappa shape index (κ1) is 18.4. The van der Waals surface area contributed by atoms with E-state index in [4.69, 9.17) is 0 Å². The van der Waals surface area contributed by atoms with Crippen molar-refractivity contribution in [1.82, 2.24) is 9.21 Å². The Morgan fingerprint density at radius 2 is 1.65 bits per heavy atom. The molecule has 0 radical (unpaired) electrons. The van der Waals surface area contributed by atoms with Gasteiger partial charge < -0.3 is 4.90 Å². The standard InChI is InChI=1S/C16H23BrN2O3S/c1-18(2)23(21,22)15-12-13(8-9-14(15)17)16(20)19-10-6-4-3-5-7-11-19/h8-9,12H,3-7,10-11H2,1-2H3. The van der Waals surface area contributed by atoms with Crippen molar-refractivity contribution < 1.29 is 13.2 Å². The highest BCUT2D eigenvalue weighted by Crippen LogP contribution is 2.26. The molecule has 0 N–H and O–H groups in total. The topological polar surface area (TPSA) is 57.7 Å².